The van der Waals surface area contributed by atoms with E-state index < -0.39 is 6.29 Å². The molecule has 1 amide bonds. The van der Waals surface area contributed by atoms with Crippen molar-refractivity contribution >= 4 is 17.7 Å². The molecule has 4 unspecified atom stereocenters. The summed E-state index contributed by atoms with van der Waals surface area (Å²) in [6, 6.07) is 24.3. The fourth-order valence-corrected chi connectivity index (χ4v) is 5.40. The maximum atomic E-state index is 11.3. The van der Waals surface area contributed by atoms with Crippen molar-refractivity contribution < 1.29 is 24.5 Å². The number of amides is 1. The van der Waals surface area contributed by atoms with Crippen LogP contribution in [0.4, 0.5) is 0 Å². The van der Waals surface area contributed by atoms with E-state index in [1.165, 1.54) is 6.92 Å². The quantitative estimate of drug-likeness (QED) is 0.326. The van der Waals surface area contributed by atoms with Crippen LogP contribution in [0.15, 0.2) is 72.8 Å². The summed E-state index contributed by atoms with van der Waals surface area (Å²) in [5.41, 5.74) is 6.06. The van der Waals surface area contributed by atoms with Crippen LogP contribution >= 0.6 is 11.8 Å². The number of rotatable bonds is 10. The first-order valence-corrected chi connectivity index (χ1v) is 13.8. The zero-order valence-corrected chi connectivity index (χ0v) is 22.1. The van der Waals surface area contributed by atoms with Crippen LogP contribution in [0.3, 0.4) is 0 Å². The van der Waals surface area contributed by atoms with E-state index in [4.69, 9.17) is 9.47 Å². The smallest absolute Gasteiger partial charge is 0.217 e. The van der Waals surface area contributed by atoms with Gasteiger partial charge >= 0.3 is 0 Å². The van der Waals surface area contributed by atoms with Crippen molar-refractivity contribution in [1.29, 1.82) is 0 Å². The molecule has 4 rings (SSSR count). The predicted molar refractivity (Wildman–Crippen MR) is 147 cm³/mol. The highest BCUT2D eigenvalue weighted by Gasteiger charge is 2.38. The highest BCUT2D eigenvalue weighted by atomic mass is 32.2. The molecule has 3 aromatic carbocycles. The van der Waals surface area contributed by atoms with Crippen molar-refractivity contribution in [2.24, 2.45) is 5.92 Å². The average molecular weight is 522 g/mol. The third-order valence-electron chi connectivity index (χ3n) is 6.63. The Labute approximate surface area is 223 Å². The van der Waals surface area contributed by atoms with E-state index in [1.54, 1.807) is 11.8 Å². The zero-order chi connectivity index (χ0) is 26.2. The third-order valence-corrected chi connectivity index (χ3v) is 7.66. The van der Waals surface area contributed by atoms with Crippen LogP contribution in [0.5, 0.6) is 0 Å². The number of benzene rings is 3. The van der Waals surface area contributed by atoms with Gasteiger partial charge in [0.1, 0.15) is 0 Å². The minimum absolute atomic E-state index is 0.00994. The summed E-state index contributed by atoms with van der Waals surface area (Å²) in [5, 5.41) is 21.5. The van der Waals surface area contributed by atoms with Gasteiger partial charge in [-0.25, -0.2) is 0 Å². The summed E-state index contributed by atoms with van der Waals surface area (Å²) < 4.78 is 13.0. The molecule has 1 aliphatic heterocycles. The lowest BCUT2D eigenvalue weighted by atomic mass is 9.91. The number of nitrogens with one attached hydrogen (secondary N) is 1. The number of aliphatic hydroxyl groups is 2. The first-order chi connectivity index (χ1) is 18.0. The molecule has 0 aromatic heterocycles. The first-order valence-electron chi connectivity index (χ1n) is 12.6. The van der Waals surface area contributed by atoms with Crippen LogP contribution in [0.2, 0.25) is 0 Å². The van der Waals surface area contributed by atoms with Gasteiger partial charge in [-0.05, 0) is 33.9 Å². The van der Waals surface area contributed by atoms with Crippen molar-refractivity contribution in [3.63, 3.8) is 0 Å². The van der Waals surface area contributed by atoms with Crippen LogP contribution in [0.1, 0.15) is 48.5 Å². The molecular formula is C30H35NO5S. The molecule has 196 valence electrons. The van der Waals surface area contributed by atoms with Crippen LogP contribution in [-0.2, 0) is 27.4 Å². The van der Waals surface area contributed by atoms with Gasteiger partial charge in [0.15, 0.2) is 6.29 Å². The molecular weight excluding hydrogens is 486 g/mol. The second-order valence-corrected chi connectivity index (χ2v) is 10.5. The molecule has 0 bridgehead atoms. The molecule has 37 heavy (non-hydrogen) atoms. The molecule has 1 fully saturated rings. The van der Waals surface area contributed by atoms with Gasteiger partial charge in [0.25, 0.3) is 0 Å². The van der Waals surface area contributed by atoms with Gasteiger partial charge in [0, 0.05) is 36.5 Å². The summed E-state index contributed by atoms with van der Waals surface area (Å²) in [4.78, 5) is 11.3. The SMILES string of the molecule is CC(=O)NCc1cccc(-c2ccc(C3OC(CSCCO)C(C)C(c4ccc(CO)cc4)O3)cc2)c1. The molecule has 3 N–H and O–H groups in total. The fourth-order valence-electron chi connectivity index (χ4n) is 4.49. The summed E-state index contributed by atoms with van der Waals surface area (Å²) in [7, 11) is 0. The lowest BCUT2D eigenvalue weighted by Crippen LogP contribution is -2.38. The molecule has 0 spiro atoms. The standard InChI is InChI=1S/C30H35NO5S/c1-20-28(19-37-15-14-32)35-30(36-29(20)25-8-6-22(18-33)7-9-25)26-12-10-24(11-13-26)27-5-3-4-23(16-27)17-31-21(2)34/h3-13,16,20,28-30,32-33H,14-15,17-19H2,1-2H3,(H,31,34). The first kappa shape index (κ1) is 27.4. The number of thioether (sulfide) groups is 1. The molecule has 0 aliphatic carbocycles. The van der Waals surface area contributed by atoms with Crippen molar-refractivity contribution in [2.45, 2.75) is 45.5 Å². The number of carbonyl (C=O) groups is 1. The van der Waals surface area contributed by atoms with E-state index in [-0.39, 0.29) is 37.2 Å². The maximum Gasteiger partial charge on any atom is 0.217 e. The second-order valence-electron chi connectivity index (χ2n) is 9.35. The third kappa shape index (κ3) is 7.21. The Balaban J connectivity index is 1.54. The van der Waals surface area contributed by atoms with E-state index in [2.05, 4.69) is 36.5 Å². The van der Waals surface area contributed by atoms with Crippen LogP contribution < -0.4 is 5.32 Å². The van der Waals surface area contributed by atoms with Crippen molar-refractivity contribution in [3.8, 4) is 11.1 Å². The monoisotopic (exact) mass is 521 g/mol. The van der Waals surface area contributed by atoms with Gasteiger partial charge in [-0.2, -0.15) is 11.8 Å². The molecule has 6 nitrogen and oxygen atoms in total. The minimum Gasteiger partial charge on any atom is -0.396 e. The molecule has 7 heteroatoms. The van der Waals surface area contributed by atoms with Crippen molar-refractivity contribution in [1.82, 2.24) is 5.32 Å². The van der Waals surface area contributed by atoms with Gasteiger partial charge in [-0.3, -0.25) is 4.79 Å². The zero-order valence-electron chi connectivity index (χ0n) is 21.3. The Hall–Kier alpha value is -2.68. The van der Waals surface area contributed by atoms with Gasteiger partial charge in [-0.1, -0.05) is 73.7 Å². The van der Waals surface area contributed by atoms with Crippen molar-refractivity contribution in [2.75, 3.05) is 18.1 Å². The highest BCUT2D eigenvalue weighted by Crippen LogP contribution is 2.42. The van der Waals surface area contributed by atoms with Crippen molar-refractivity contribution in [3.05, 3.63) is 95.1 Å². The number of ether oxygens (including phenoxy) is 2. The Bertz CT molecular complexity index is 1150. The number of carbonyl (C=O) groups excluding carboxylic acids is 1. The molecule has 1 heterocycles. The van der Waals surface area contributed by atoms with E-state index in [1.807, 2.05) is 48.5 Å². The van der Waals surface area contributed by atoms with Crippen LogP contribution in [0, 0.1) is 5.92 Å². The van der Waals surface area contributed by atoms with E-state index >= 15 is 0 Å². The van der Waals surface area contributed by atoms with Gasteiger partial charge < -0.3 is 25.0 Å². The lowest BCUT2D eigenvalue weighted by Gasteiger charge is -2.41. The molecule has 4 atom stereocenters. The van der Waals surface area contributed by atoms with Gasteiger partial charge in [0.2, 0.25) is 5.91 Å². The normalized spacial score (nSPS) is 21.5. The molecule has 1 aliphatic rings. The summed E-state index contributed by atoms with van der Waals surface area (Å²) in [6.45, 7) is 4.31. The van der Waals surface area contributed by atoms with Gasteiger partial charge in [-0.15, -0.1) is 0 Å². The van der Waals surface area contributed by atoms with E-state index in [0.717, 1.165) is 39.1 Å². The number of hydrogen-bond acceptors (Lipinski definition) is 6. The van der Waals surface area contributed by atoms with E-state index in [0.29, 0.717) is 12.3 Å². The topological polar surface area (TPSA) is 88.0 Å². The maximum absolute atomic E-state index is 11.3. The predicted octanol–water partition coefficient (Wildman–Crippen LogP) is 5.00. The second kappa shape index (κ2) is 13.2. The van der Waals surface area contributed by atoms with Crippen LogP contribution in [-0.4, -0.2) is 40.3 Å². The summed E-state index contributed by atoms with van der Waals surface area (Å²) in [5.74, 6) is 1.51. The average Bonchev–Trinajstić information content (AvgIpc) is 2.93. The Morgan fingerprint density at radius 2 is 1.65 bits per heavy atom. The molecule has 1 saturated heterocycles. The molecule has 0 saturated carbocycles. The fraction of sp³-hybridized carbons (Fsp3) is 0.367. The largest absolute Gasteiger partial charge is 0.396 e. The lowest BCUT2D eigenvalue weighted by molar-refractivity contribution is -0.268. The summed E-state index contributed by atoms with van der Waals surface area (Å²) in [6.07, 6.45) is -0.710. The number of hydrogen-bond donors (Lipinski definition) is 3. The Morgan fingerprint density at radius 3 is 2.32 bits per heavy atom. The van der Waals surface area contributed by atoms with Crippen LogP contribution in [0.25, 0.3) is 11.1 Å². The minimum atomic E-state index is -0.515. The molecule has 0 radical (unpaired) electrons. The summed E-state index contributed by atoms with van der Waals surface area (Å²) >= 11 is 1.68. The Kier molecular flexibility index (Phi) is 9.77. The highest BCUT2D eigenvalue weighted by molar-refractivity contribution is 7.99. The molecule has 3 aromatic rings. The Morgan fingerprint density at radius 1 is 0.919 bits per heavy atom. The number of aliphatic hydroxyl groups excluding tert-OH is 2. The van der Waals surface area contributed by atoms with Gasteiger partial charge in [0.05, 0.1) is 25.4 Å². The van der Waals surface area contributed by atoms with E-state index in [9.17, 15) is 15.0 Å².